The third kappa shape index (κ3) is 5.97. The van der Waals surface area contributed by atoms with Gasteiger partial charge in [0.15, 0.2) is 11.5 Å². The number of benzene rings is 1. The van der Waals surface area contributed by atoms with Gasteiger partial charge in [0.1, 0.15) is 0 Å². The molecule has 7 heteroatoms. The third-order valence-corrected chi connectivity index (χ3v) is 4.23. The fourth-order valence-corrected chi connectivity index (χ4v) is 2.64. The molecule has 2 aromatic rings. The molecule has 2 N–H and O–H groups in total. The lowest BCUT2D eigenvalue weighted by Crippen LogP contribution is -2.26. The number of hydrogen-bond donors (Lipinski definition) is 2. The number of nitrogens with zero attached hydrogens (tertiary/aromatic N) is 1. The number of carbonyl (C=O) groups is 2. The summed E-state index contributed by atoms with van der Waals surface area (Å²) in [6, 6.07) is 6.98. The van der Waals surface area contributed by atoms with Crippen LogP contribution in [-0.2, 0) is 6.54 Å². The quantitative estimate of drug-likeness (QED) is 0.614. The maximum absolute atomic E-state index is 12.4. The number of ether oxygens (including phenoxy) is 2. The first-order chi connectivity index (χ1) is 13.6. The second kappa shape index (κ2) is 10.9. The van der Waals surface area contributed by atoms with E-state index in [2.05, 4.69) is 22.5 Å². The summed E-state index contributed by atoms with van der Waals surface area (Å²) in [7, 11) is 3.13. The van der Waals surface area contributed by atoms with Crippen LogP contribution in [0.5, 0.6) is 11.5 Å². The topological polar surface area (TPSA) is 89.6 Å². The number of amides is 2. The predicted octanol–water partition coefficient (Wildman–Crippen LogP) is 2.95. The van der Waals surface area contributed by atoms with Crippen LogP contribution in [0.15, 0.2) is 36.7 Å². The molecular weight excluding hydrogens is 358 g/mol. The molecular formula is C21H27N3O4. The Hall–Kier alpha value is -3.09. The summed E-state index contributed by atoms with van der Waals surface area (Å²) in [5.41, 5.74) is 1.57. The predicted molar refractivity (Wildman–Crippen MR) is 107 cm³/mol. The Bertz CT molecular complexity index is 808. The van der Waals surface area contributed by atoms with Gasteiger partial charge in [0.2, 0.25) is 0 Å². The number of carbonyl (C=O) groups excluding carboxylic acids is 2. The van der Waals surface area contributed by atoms with Crippen LogP contribution < -0.4 is 20.1 Å². The zero-order chi connectivity index (χ0) is 20.4. The van der Waals surface area contributed by atoms with Gasteiger partial charge in [-0.05, 0) is 30.2 Å². The summed E-state index contributed by atoms with van der Waals surface area (Å²) in [6.45, 7) is 3.03. The van der Waals surface area contributed by atoms with Gasteiger partial charge >= 0.3 is 0 Å². The van der Waals surface area contributed by atoms with E-state index >= 15 is 0 Å². The summed E-state index contributed by atoms with van der Waals surface area (Å²) in [4.78, 5) is 28.6. The smallest absolute Gasteiger partial charge is 0.253 e. The zero-order valence-corrected chi connectivity index (χ0v) is 16.6. The molecule has 0 atom stereocenters. The van der Waals surface area contributed by atoms with Gasteiger partial charge in [-0.15, -0.1) is 0 Å². The Morgan fingerprint density at radius 2 is 1.61 bits per heavy atom. The van der Waals surface area contributed by atoms with Crippen LogP contribution >= 0.6 is 0 Å². The third-order valence-electron chi connectivity index (χ3n) is 4.23. The summed E-state index contributed by atoms with van der Waals surface area (Å²) in [5, 5.41) is 5.67. The highest BCUT2D eigenvalue weighted by atomic mass is 16.5. The highest BCUT2D eigenvalue weighted by Crippen LogP contribution is 2.27. The van der Waals surface area contributed by atoms with Gasteiger partial charge in [0.25, 0.3) is 11.8 Å². The molecule has 0 aliphatic heterocycles. The number of unbranched alkanes of at least 4 members (excludes halogenated alkanes) is 2. The fraction of sp³-hybridized carbons (Fsp3) is 0.381. The molecule has 0 saturated heterocycles. The number of nitrogens with one attached hydrogen (secondary N) is 2. The van der Waals surface area contributed by atoms with Crippen LogP contribution in [0.1, 0.15) is 52.5 Å². The van der Waals surface area contributed by atoms with Crippen LogP contribution in [-0.4, -0.2) is 37.6 Å². The highest BCUT2D eigenvalue weighted by molar-refractivity contribution is 5.99. The van der Waals surface area contributed by atoms with Gasteiger partial charge in [-0.1, -0.05) is 25.8 Å². The Balaban J connectivity index is 1.96. The van der Waals surface area contributed by atoms with Crippen molar-refractivity contribution < 1.29 is 19.1 Å². The average Bonchev–Trinajstić information content (AvgIpc) is 2.74. The van der Waals surface area contributed by atoms with E-state index in [0.717, 1.165) is 24.8 Å². The minimum absolute atomic E-state index is 0.224. The molecule has 0 saturated carbocycles. The summed E-state index contributed by atoms with van der Waals surface area (Å²) in [6.07, 6.45) is 5.99. The van der Waals surface area contributed by atoms with Crippen molar-refractivity contribution in [1.82, 2.24) is 15.6 Å². The van der Waals surface area contributed by atoms with Crippen molar-refractivity contribution >= 4 is 11.8 Å². The maximum Gasteiger partial charge on any atom is 0.253 e. The van der Waals surface area contributed by atoms with E-state index in [4.69, 9.17) is 9.47 Å². The number of aromatic nitrogens is 1. The molecule has 150 valence electrons. The van der Waals surface area contributed by atoms with E-state index in [1.165, 1.54) is 12.4 Å². The standard InChI is InChI=1S/C21H27N3O4/c1-4-5-6-9-23-20(25)16-11-17(14-22-13-16)21(26)24-12-15-7-8-18(27-2)19(10-15)28-3/h7-8,10-11,13-14H,4-6,9,12H2,1-3H3,(H,23,25)(H,24,26). The highest BCUT2D eigenvalue weighted by Gasteiger charge is 2.12. The molecule has 1 aromatic carbocycles. The molecule has 0 spiro atoms. The Morgan fingerprint density at radius 3 is 2.25 bits per heavy atom. The van der Waals surface area contributed by atoms with Crippen LogP contribution in [0.2, 0.25) is 0 Å². The van der Waals surface area contributed by atoms with Crippen LogP contribution in [0.25, 0.3) is 0 Å². The van der Waals surface area contributed by atoms with Crippen molar-refractivity contribution in [1.29, 1.82) is 0 Å². The first kappa shape index (κ1) is 21.2. The Labute approximate surface area is 165 Å². The zero-order valence-electron chi connectivity index (χ0n) is 16.6. The lowest BCUT2D eigenvalue weighted by molar-refractivity contribution is 0.0950. The van der Waals surface area contributed by atoms with Crippen LogP contribution in [0.3, 0.4) is 0 Å². The van der Waals surface area contributed by atoms with E-state index in [1.54, 1.807) is 32.4 Å². The molecule has 0 aliphatic rings. The molecule has 28 heavy (non-hydrogen) atoms. The van der Waals surface area contributed by atoms with Crippen LogP contribution in [0, 0.1) is 0 Å². The van der Waals surface area contributed by atoms with Crippen molar-refractivity contribution in [3.8, 4) is 11.5 Å². The number of pyridine rings is 1. The van der Waals surface area contributed by atoms with Crippen molar-refractivity contribution in [2.45, 2.75) is 32.7 Å². The molecule has 0 radical (unpaired) electrons. The monoisotopic (exact) mass is 385 g/mol. The van der Waals surface area contributed by atoms with Gasteiger partial charge in [-0.25, -0.2) is 0 Å². The normalized spacial score (nSPS) is 10.2. The molecule has 0 fully saturated rings. The minimum Gasteiger partial charge on any atom is -0.493 e. The number of methoxy groups -OCH3 is 2. The SMILES string of the molecule is CCCCCNC(=O)c1cncc(C(=O)NCc2ccc(OC)c(OC)c2)c1. The summed E-state index contributed by atoms with van der Waals surface area (Å²) in [5.74, 6) is 0.693. The summed E-state index contributed by atoms with van der Waals surface area (Å²) < 4.78 is 10.5. The van der Waals surface area contributed by atoms with E-state index in [9.17, 15) is 9.59 Å². The molecule has 7 nitrogen and oxygen atoms in total. The van der Waals surface area contributed by atoms with Gasteiger partial charge in [-0.2, -0.15) is 0 Å². The number of hydrogen-bond acceptors (Lipinski definition) is 5. The molecule has 0 unspecified atom stereocenters. The second-order valence-electron chi connectivity index (χ2n) is 6.30. The van der Waals surface area contributed by atoms with Crippen LogP contribution in [0.4, 0.5) is 0 Å². The molecule has 2 amide bonds. The van der Waals surface area contributed by atoms with Gasteiger partial charge < -0.3 is 20.1 Å². The molecule has 1 heterocycles. The Kier molecular flexibility index (Phi) is 8.27. The Morgan fingerprint density at radius 1 is 0.929 bits per heavy atom. The second-order valence-corrected chi connectivity index (χ2v) is 6.30. The fourth-order valence-electron chi connectivity index (χ4n) is 2.64. The van der Waals surface area contributed by atoms with Crippen molar-refractivity contribution in [2.24, 2.45) is 0 Å². The maximum atomic E-state index is 12.4. The van der Waals surface area contributed by atoms with Gasteiger partial charge in [0.05, 0.1) is 25.3 Å². The molecule has 2 rings (SSSR count). The van der Waals surface area contributed by atoms with E-state index in [0.29, 0.717) is 35.7 Å². The first-order valence-corrected chi connectivity index (χ1v) is 9.31. The van der Waals surface area contributed by atoms with E-state index in [-0.39, 0.29) is 11.8 Å². The lowest BCUT2D eigenvalue weighted by atomic mass is 10.1. The summed E-state index contributed by atoms with van der Waals surface area (Å²) >= 11 is 0. The van der Waals surface area contributed by atoms with Crippen molar-refractivity contribution in [3.05, 3.63) is 53.3 Å². The minimum atomic E-state index is -0.303. The van der Waals surface area contributed by atoms with Gasteiger partial charge in [-0.3, -0.25) is 14.6 Å². The molecule has 0 aliphatic carbocycles. The van der Waals surface area contributed by atoms with Gasteiger partial charge in [0, 0.05) is 25.5 Å². The van der Waals surface area contributed by atoms with E-state index in [1.807, 2.05) is 6.07 Å². The first-order valence-electron chi connectivity index (χ1n) is 9.31. The van der Waals surface area contributed by atoms with E-state index < -0.39 is 0 Å². The number of rotatable bonds is 10. The molecule has 0 bridgehead atoms. The van der Waals surface area contributed by atoms with Crippen molar-refractivity contribution in [3.63, 3.8) is 0 Å². The van der Waals surface area contributed by atoms with Crippen molar-refractivity contribution in [2.75, 3.05) is 20.8 Å². The molecule has 1 aromatic heterocycles. The largest absolute Gasteiger partial charge is 0.493 e. The lowest BCUT2D eigenvalue weighted by Gasteiger charge is -2.11. The average molecular weight is 385 g/mol.